The van der Waals surface area contributed by atoms with Crippen LogP contribution in [0.25, 0.3) is 0 Å². The third-order valence-electron chi connectivity index (χ3n) is 1.53. The summed E-state index contributed by atoms with van der Waals surface area (Å²) in [5.41, 5.74) is 0. The maximum Gasteiger partial charge on any atom is 0.0676 e. The molecule has 0 aromatic rings. The molecule has 7 heavy (non-hydrogen) atoms. The largest absolute Gasteiger partial charge is 0.395 e. The topological polar surface area (TPSA) is 20.2 Å². The smallest absolute Gasteiger partial charge is 0.0676 e. The van der Waals surface area contributed by atoms with Crippen LogP contribution in [0.5, 0.6) is 0 Å². The fraction of sp³-hybridized carbons (Fsp3) is 1.00. The van der Waals surface area contributed by atoms with Crippen LogP contribution in [-0.2, 0) is 0 Å². The van der Waals surface area contributed by atoms with E-state index < -0.39 is 0 Å². The normalized spacial score (nSPS) is 26.6. The maximum absolute atomic E-state index is 8.51. The second kappa shape index (κ2) is 1.64. The van der Waals surface area contributed by atoms with Crippen molar-refractivity contribution in [3.05, 3.63) is 0 Å². The van der Waals surface area contributed by atoms with Gasteiger partial charge in [0.1, 0.15) is 0 Å². The van der Waals surface area contributed by atoms with E-state index in [-0.39, 0.29) is 11.5 Å². The molecule has 0 aromatic heterocycles. The molecule has 1 aliphatic carbocycles. The van der Waals surface area contributed by atoms with Gasteiger partial charge in [-0.15, -0.1) is 11.6 Å². The van der Waals surface area contributed by atoms with Gasteiger partial charge in [0, 0.05) is 0 Å². The van der Waals surface area contributed by atoms with Crippen molar-refractivity contribution < 1.29 is 5.11 Å². The molecule has 0 unspecified atom stereocenters. The van der Waals surface area contributed by atoms with Crippen LogP contribution in [0, 0.1) is 0 Å². The van der Waals surface area contributed by atoms with Crippen LogP contribution in [0.1, 0.15) is 19.3 Å². The Kier molecular flexibility index (Phi) is 1.26. The van der Waals surface area contributed by atoms with Gasteiger partial charge in [-0.2, -0.15) is 0 Å². The lowest BCUT2D eigenvalue weighted by Crippen LogP contribution is -2.34. The summed E-state index contributed by atoms with van der Waals surface area (Å²) in [5, 5.41) is 8.51. The Labute approximate surface area is 48.3 Å². The van der Waals surface area contributed by atoms with Crippen molar-refractivity contribution in [3.8, 4) is 0 Å². The summed E-state index contributed by atoms with van der Waals surface area (Å²) in [5.74, 6) is 0. The summed E-state index contributed by atoms with van der Waals surface area (Å²) in [7, 11) is 0. The summed E-state index contributed by atoms with van der Waals surface area (Å²) in [4.78, 5) is -0.208. The Morgan fingerprint density at radius 1 is 1.57 bits per heavy atom. The van der Waals surface area contributed by atoms with E-state index in [9.17, 15) is 0 Å². The molecule has 0 aromatic carbocycles. The van der Waals surface area contributed by atoms with E-state index in [0.717, 1.165) is 12.8 Å². The van der Waals surface area contributed by atoms with E-state index in [2.05, 4.69) is 0 Å². The van der Waals surface area contributed by atoms with E-state index >= 15 is 0 Å². The first-order valence-electron chi connectivity index (χ1n) is 2.57. The highest BCUT2D eigenvalue weighted by molar-refractivity contribution is 6.24. The van der Waals surface area contributed by atoms with E-state index in [1.54, 1.807) is 0 Å². The first-order valence-corrected chi connectivity index (χ1v) is 2.94. The van der Waals surface area contributed by atoms with Gasteiger partial charge in [-0.05, 0) is 19.3 Å². The monoisotopic (exact) mass is 120 g/mol. The lowest BCUT2D eigenvalue weighted by atomic mass is 9.85. The molecule has 0 bridgehead atoms. The molecule has 0 amide bonds. The zero-order chi connectivity index (χ0) is 5.33. The van der Waals surface area contributed by atoms with Crippen LogP contribution in [-0.4, -0.2) is 16.6 Å². The molecule has 0 spiro atoms. The Morgan fingerprint density at radius 2 is 2.14 bits per heavy atom. The molecular formula is C5H9ClO. The number of halogens is 1. The maximum atomic E-state index is 8.51. The van der Waals surface area contributed by atoms with Crippen LogP contribution in [0.15, 0.2) is 0 Å². The summed E-state index contributed by atoms with van der Waals surface area (Å²) in [6, 6.07) is 0. The molecule has 1 saturated carbocycles. The molecule has 0 atom stereocenters. The number of aliphatic hydroxyl groups is 1. The second-order valence-electron chi connectivity index (χ2n) is 2.16. The SMILES string of the molecule is OCC1(Cl)CCC1. The van der Waals surface area contributed by atoms with Crippen molar-refractivity contribution in [2.24, 2.45) is 0 Å². The molecule has 1 N–H and O–H groups in total. The van der Waals surface area contributed by atoms with Gasteiger partial charge in [-0.3, -0.25) is 0 Å². The van der Waals surface area contributed by atoms with Gasteiger partial charge < -0.3 is 5.11 Å². The average Bonchev–Trinajstić information content (AvgIpc) is 1.61. The minimum absolute atomic E-state index is 0.147. The molecule has 1 aliphatic rings. The summed E-state index contributed by atoms with van der Waals surface area (Å²) >= 11 is 5.74. The van der Waals surface area contributed by atoms with Crippen LogP contribution < -0.4 is 0 Å². The minimum atomic E-state index is -0.208. The highest BCUT2D eigenvalue weighted by Crippen LogP contribution is 2.37. The minimum Gasteiger partial charge on any atom is -0.395 e. The van der Waals surface area contributed by atoms with Crippen LogP contribution in [0.2, 0.25) is 0 Å². The summed E-state index contributed by atoms with van der Waals surface area (Å²) in [6.45, 7) is 0.147. The molecule has 0 radical (unpaired) electrons. The van der Waals surface area contributed by atoms with Gasteiger partial charge in [0.25, 0.3) is 0 Å². The van der Waals surface area contributed by atoms with Crippen molar-refractivity contribution in [1.82, 2.24) is 0 Å². The molecule has 0 aliphatic heterocycles. The number of hydrogen-bond acceptors (Lipinski definition) is 1. The van der Waals surface area contributed by atoms with Gasteiger partial charge in [-0.25, -0.2) is 0 Å². The van der Waals surface area contributed by atoms with Crippen molar-refractivity contribution in [3.63, 3.8) is 0 Å². The lowest BCUT2D eigenvalue weighted by molar-refractivity contribution is 0.185. The van der Waals surface area contributed by atoms with Gasteiger partial charge in [0.05, 0.1) is 11.5 Å². The zero-order valence-corrected chi connectivity index (χ0v) is 4.91. The molecule has 0 heterocycles. The zero-order valence-electron chi connectivity index (χ0n) is 4.15. The predicted octanol–water partition coefficient (Wildman–Crippen LogP) is 1.14. The summed E-state index contributed by atoms with van der Waals surface area (Å²) in [6.07, 6.45) is 3.17. The third-order valence-corrected chi connectivity index (χ3v) is 2.03. The Bertz CT molecular complexity index is 63.0. The fourth-order valence-corrected chi connectivity index (χ4v) is 0.986. The standard InChI is InChI=1S/C5H9ClO/c6-5(4-7)2-1-3-5/h7H,1-4H2. The first-order chi connectivity index (χ1) is 3.27. The third kappa shape index (κ3) is 0.892. The van der Waals surface area contributed by atoms with Crippen molar-refractivity contribution >= 4 is 11.6 Å². The van der Waals surface area contributed by atoms with Crippen LogP contribution in [0.4, 0.5) is 0 Å². The van der Waals surface area contributed by atoms with Crippen molar-refractivity contribution in [2.75, 3.05) is 6.61 Å². The van der Waals surface area contributed by atoms with E-state index in [1.807, 2.05) is 0 Å². The van der Waals surface area contributed by atoms with Crippen LogP contribution >= 0.6 is 11.6 Å². The Morgan fingerprint density at radius 3 is 2.14 bits per heavy atom. The number of rotatable bonds is 1. The number of hydrogen-bond donors (Lipinski definition) is 1. The first kappa shape index (κ1) is 5.39. The van der Waals surface area contributed by atoms with Crippen LogP contribution in [0.3, 0.4) is 0 Å². The van der Waals surface area contributed by atoms with Gasteiger partial charge in [0.2, 0.25) is 0 Å². The number of alkyl halides is 1. The molecule has 42 valence electrons. The van der Waals surface area contributed by atoms with Gasteiger partial charge >= 0.3 is 0 Å². The molecule has 1 fully saturated rings. The predicted molar refractivity (Wildman–Crippen MR) is 29.5 cm³/mol. The summed E-state index contributed by atoms with van der Waals surface area (Å²) < 4.78 is 0. The molecular weight excluding hydrogens is 112 g/mol. The Balaban J connectivity index is 2.29. The van der Waals surface area contributed by atoms with Crippen molar-refractivity contribution in [2.45, 2.75) is 24.1 Å². The van der Waals surface area contributed by atoms with E-state index in [4.69, 9.17) is 16.7 Å². The van der Waals surface area contributed by atoms with E-state index in [0.29, 0.717) is 0 Å². The molecule has 2 heteroatoms. The Hall–Kier alpha value is 0.250. The molecule has 1 rings (SSSR count). The van der Waals surface area contributed by atoms with Gasteiger partial charge in [0.15, 0.2) is 0 Å². The number of aliphatic hydroxyl groups excluding tert-OH is 1. The van der Waals surface area contributed by atoms with Crippen molar-refractivity contribution in [1.29, 1.82) is 0 Å². The fourth-order valence-electron chi connectivity index (χ4n) is 0.719. The molecule has 0 saturated heterocycles. The average molecular weight is 121 g/mol. The quantitative estimate of drug-likeness (QED) is 0.515. The van der Waals surface area contributed by atoms with Gasteiger partial charge in [-0.1, -0.05) is 0 Å². The lowest BCUT2D eigenvalue weighted by Gasteiger charge is -2.33. The second-order valence-corrected chi connectivity index (χ2v) is 2.96. The molecule has 1 nitrogen and oxygen atoms in total. The highest BCUT2D eigenvalue weighted by Gasteiger charge is 2.33. The highest BCUT2D eigenvalue weighted by atomic mass is 35.5. The van der Waals surface area contributed by atoms with E-state index in [1.165, 1.54) is 6.42 Å².